The van der Waals surface area contributed by atoms with E-state index in [1.807, 2.05) is 24.3 Å². The first kappa shape index (κ1) is 9.77. The van der Waals surface area contributed by atoms with E-state index in [1.54, 1.807) is 13.3 Å². The van der Waals surface area contributed by atoms with E-state index in [0.717, 1.165) is 23.3 Å². The minimum Gasteiger partial charge on any atom is -0.497 e. The second-order valence-corrected chi connectivity index (χ2v) is 3.47. The van der Waals surface area contributed by atoms with Gasteiger partial charge in [0.15, 0.2) is 0 Å². The molecule has 1 heterocycles. The van der Waals surface area contributed by atoms with Gasteiger partial charge in [-0.05, 0) is 35.8 Å². The smallest absolute Gasteiger partial charge is 0.224 e. The molecule has 0 aromatic heterocycles. The van der Waals surface area contributed by atoms with Crippen LogP contribution in [0.4, 0.5) is 0 Å². The lowest BCUT2D eigenvalue weighted by Gasteiger charge is -2.11. The van der Waals surface area contributed by atoms with Gasteiger partial charge in [0.1, 0.15) is 5.75 Å². The van der Waals surface area contributed by atoms with Crippen molar-refractivity contribution in [1.29, 1.82) is 0 Å². The summed E-state index contributed by atoms with van der Waals surface area (Å²) < 4.78 is 5.15. The lowest BCUT2D eigenvalue weighted by Crippen LogP contribution is -2.18. The van der Waals surface area contributed by atoms with Crippen molar-refractivity contribution in [2.24, 2.45) is 0 Å². The molecule has 1 aromatic rings. The van der Waals surface area contributed by atoms with E-state index in [9.17, 15) is 4.79 Å². The Bertz CT molecular complexity index is 410. The molecule has 0 saturated carbocycles. The Balaban J connectivity index is 2.36. The van der Waals surface area contributed by atoms with Crippen molar-refractivity contribution in [3.05, 3.63) is 35.5 Å². The summed E-state index contributed by atoms with van der Waals surface area (Å²) in [6, 6.07) is 5.91. The molecule has 0 bridgehead atoms. The number of hydrogen-bond acceptors (Lipinski definition) is 2. The molecular formula is C12H13NO2. The van der Waals surface area contributed by atoms with E-state index in [-0.39, 0.29) is 5.91 Å². The first-order valence-corrected chi connectivity index (χ1v) is 4.92. The molecule has 1 N–H and O–H groups in total. The molecule has 1 aromatic carbocycles. The van der Waals surface area contributed by atoms with Crippen molar-refractivity contribution >= 4 is 12.0 Å². The predicted octanol–water partition coefficient (Wildman–Crippen LogP) is 1.73. The van der Waals surface area contributed by atoms with Crippen molar-refractivity contribution < 1.29 is 9.53 Å². The highest BCUT2D eigenvalue weighted by molar-refractivity contribution is 5.79. The Morgan fingerprint density at radius 3 is 3.00 bits per heavy atom. The summed E-state index contributed by atoms with van der Waals surface area (Å²) >= 11 is 0. The number of nitrogens with one attached hydrogen (secondary N) is 1. The fraction of sp³-hybridized carbons (Fsp3) is 0.250. The van der Waals surface area contributed by atoms with Crippen LogP contribution in [-0.4, -0.2) is 13.0 Å². The number of carbonyl (C=O) groups is 1. The zero-order valence-electron chi connectivity index (χ0n) is 8.62. The first-order chi connectivity index (χ1) is 7.29. The first-order valence-electron chi connectivity index (χ1n) is 4.92. The Morgan fingerprint density at radius 2 is 2.20 bits per heavy atom. The van der Waals surface area contributed by atoms with Crippen LogP contribution in [0.3, 0.4) is 0 Å². The number of amides is 1. The molecular weight excluding hydrogens is 190 g/mol. The van der Waals surface area contributed by atoms with E-state index in [1.165, 1.54) is 0 Å². The highest BCUT2D eigenvalue weighted by Gasteiger charge is 2.08. The number of hydrogen-bond donors (Lipinski definition) is 1. The van der Waals surface area contributed by atoms with Gasteiger partial charge in [0.25, 0.3) is 0 Å². The Labute approximate surface area is 88.8 Å². The van der Waals surface area contributed by atoms with Gasteiger partial charge >= 0.3 is 0 Å². The van der Waals surface area contributed by atoms with Gasteiger partial charge < -0.3 is 10.1 Å². The third kappa shape index (κ3) is 2.18. The molecule has 15 heavy (non-hydrogen) atoms. The van der Waals surface area contributed by atoms with Gasteiger partial charge in [-0.1, -0.05) is 6.07 Å². The third-order valence-corrected chi connectivity index (χ3v) is 2.48. The fourth-order valence-electron chi connectivity index (χ4n) is 1.63. The molecule has 2 rings (SSSR count). The predicted molar refractivity (Wildman–Crippen MR) is 58.5 cm³/mol. The van der Waals surface area contributed by atoms with Crippen LogP contribution in [0.25, 0.3) is 6.08 Å². The normalized spacial score (nSPS) is 17.0. The lowest BCUT2D eigenvalue weighted by molar-refractivity contribution is -0.120. The average molecular weight is 203 g/mol. The van der Waals surface area contributed by atoms with Crippen molar-refractivity contribution in [2.75, 3.05) is 7.11 Å². The standard InChI is InChI=1S/C12H13NO2/c1-15-11-4-2-9-6-7-13-12(14)5-3-10(9)8-11/h2,4,6-8H,3,5H2,1H3,(H,13,14)/b7-6-. The van der Waals surface area contributed by atoms with Gasteiger partial charge in [0.05, 0.1) is 7.11 Å². The van der Waals surface area contributed by atoms with Crippen LogP contribution < -0.4 is 10.1 Å². The molecule has 3 heteroatoms. The summed E-state index contributed by atoms with van der Waals surface area (Å²) in [5.41, 5.74) is 2.29. The van der Waals surface area contributed by atoms with Crippen molar-refractivity contribution in [3.63, 3.8) is 0 Å². The molecule has 0 atom stereocenters. The van der Waals surface area contributed by atoms with Gasteiger partial charge in [-0.2, -0.15) is 0 Å². The van der Waals surface area contributed by atoms with Gasteiger partial charge in [0.2, 0.25) is 5.91 Å². The molecule has 1 amide bonds. The van der Waals surface area contributed by atoms with Crippen LogP contribution in [0.2, 0.25) is 0 Å². The Morgan fingerprint density at radius 1 is 1.33 bits per heavy atom. The van der Waals surface area contributed by atoms with Gasteiger partial charge in [-0.3, -0.25) is 4.79 Å². The lowest BCUT2D eigenvalue weighted by atomic mass is 10.0. The van der Waals surface area contributed by atoms with Crippen molar-refractivity contribution in [2.45, 2.75) is 12.8 Å². The minimum absolute atomic E-state index is 0.0553. The monoisotopic (exact) mass is 203 g/mol. The van der Waals surface area contributed by atoms with E-state index < -0.39 is 0 Å². The number of methoxy groups -OCH3 is 1. The number of ether oxygens (including phenoxy) is 1. The van der Waals surface area contributed by atoms with E-state index in [2.05, 4.69) is 5.32 Å². The van der Waals surface area contributed by atoms with Gasteiger partial charge in [-0.25, -0.2) is 0 Å². The van der Waals surface area contributed by atoms with Crippen LogP contribution in [0.5, 0.6) is 5.75 Å². The largest absolute Gasteiger partial charge is 0.497 e. The molecule has 1 aliphatic heterocycles. The number of aryl methyl sites for hydroxylation is 1. The summed E-state index contributed by atoms with van der Waals surface area (Å²) in [6.07, 6.45) is 4.87. The number of carbonyl (C=O) groups excluding carboxylic acids is 1. The molecule has 0 unspecified atom stereocenters. The SMILES string of the molecule is COc1ccc2c(c1)CCC(=O)N/C=C\2. The maximum absolute atomic E-state index is 11.2. The summed E-state index contributed by atoms with van der Waals surface area (Å²) in [5, 5.41) is 2.70. The van der Waals surface area contributed by atoms with Crippen LogP contribution in [0.15, 0.2) is 24.4 Å². The maximum Gasteiger partial charge on any atom is 0.224 e. The zero-order valence-corrected chi connectivity index (χ0v) is 8.62. The average Bonchev–Trinajstić information content (AvgIpc) is 2.24. The topological polar surface area (TPSA) is 38.3 Å². The molecule has 0 radical (unpaired) electrons. The highest BCUT2D eigenvalue weighted by atomic mass is 16.5. The van der Waals surface area contributed by atoms with Crippen LogP contribution in [0, 0.1) is 0 Å². The van der Waals surface area contributed by atoms with Crippen molar-refractivity contribution in [3.8, 4) is 5.75 Å². The van der Waals surface area contributed by atoms with E-state index in [0.29, 0.717) is 6.42 Å². The Hall–Kier alpha value is -1.77. The molecule has 78 valence electrons. The molecule has 3 nitrogen and oxygen atoms in total. The van der Waals surface area contributed by atoms with Gasteiger partial charge in [0, 0.05) is 12.6 Å². The second-order valence-electron chi connectivity index (χ2n) is 3.47. The van der Waals surface area contributed by atoms with Crippen LogP contribution >= 0.6 is 0 Å². The van der Waals surface area contributed by atoms with Gasteiger partial charge in [-0.15, -0.1) is 0 Å². The van der Waals surface area contributed by atoms with E-state index >= 15 is 0 Å². The summed E-state index contributed by atoms with van der Waals surface area (Å²) in [5.74, 6) is 0.892. The number of benzene rings is 1. The molecule has 1 aliphatic rings. The van der Waals surface area contributed by atoms with Crippen LogP contribution in [-0.2, 0) is 11.2 Å². The summed E-state index contributed by atoms with van der Waals surface area (Å²) in [6.45, 7) is 0. The number of rotatable bonds is 1. The zero-order chi connectivity index (χ0) is 10.7. The molecule has 0 aliphatic carbocycles. The molecule has 0 spiro atoms. The summed E-state index contributed by atoms with van der Waals surface area (Å²) in [4.78, 5) is 11.2. The minimum atomic E-state index is 0.0553. The quantitative estimate of drug-likeness (QED) is 0.754. The highest BCUT2D eigenvalue weighted by Crippen LogP contribution is 2.21. The maximum atomic E-state index is 11.2. The second kappa shape index (κ2) is 4.17. The Kier molecular flexibility index (Phi) is 2.72. The number of fused-ring (bicyclic) bond motifs is 1. The van der Waals surface area contributed by atoms with Crippen LogP contribution in [0.1, 0.15) is 17.5 Å². The van der Waals surface area contributed by atoms with Crippen molar-refractivity contribution in [1.82, 2.24) is 5.32 Å². The summed E-state index contributed by atoms with van der Waals surface area (Å²) in [7, 11) is 1.65. The molecule has 0 fully saturated rings. The fourth-order valence-corrected chi connectivity index (χ4v) is 1.63. The van der Waals surface area contributed by atoms with E-state index in [4.69, 9.17) is 4.74 Å². The third-order valence-electron chi connectivity index (χ3n) is 2.48. The molecule has 0 saturated heterocycles.